The fourth-order valence-corrected chi connectivity index (χ4v) is 7.58. The van der Waals surface area contributed by atoms with Crippen LogP contribution < -0.4 is 19.6 Å². The van der Waals surface area contributed by atoms with Crippen LogP contribution in [0, 0.1) is 0 Å². The second kappa shape index (κ2) is 22.2. The van der Waals surface area contributed by atoms with Gasteiger partial charge in [0.2, 0.25) is 0 Å². The van der Waals surface area contributed by atoms with Gasteiger partial charge in [-0.3, -0.25) is 0 Å². The molecular formula is C52H64N6. The van der Waals surface area contributed by atoms with Gasteiger partial charge in [-0.25, -0.2) is 9.97 Å². The van der Waals surface area contributed by atoms with Gasteiger partial charge in [0.05, 0.1) is 22.8 Å². The maximum absolute atomic E-state index is 5.45. The lowest BCUT2D eigenvalue weighted by Crippen LogP contribution is -2.22. The summed E-state index contributed by atoms with van der Waals surface area (Å²) >= 11 is 0. The number of hydrogen-bond acceptors (Lipinski definition) is 6. The van der Waals surface area contributed by atoms with E-state index in [1.165, 1.54) is 22.7 Å². The van der Waals surface area contributed by atoms with Gasteiger partial charge < -0.3 is 19.6 Å². The third-order valence-electron chi connectivity index (χ3n) is 10.9. The van der Waals surface area contributed by atoms with Crippen LogP contribution in [-0.2, 0) is 0 Å². The minimum absolute atomic E-state index is 0.809. The molecule has 0 saturated carbocycles. The Morgan fingerprint density at radius 1 is 0.293 bits per heavy atom. The van der Waals surface area contributed by atoms with Gasteiger partial charge in [0.1, 0.15) is 0 Å². The highest BCUT2D eigenvalue weighted by Gasteiger charge is 2.13. The van der Waals surface area contributed by atoms with E-state index in [-0.39, 0.29) is 0 Å². The predicted octanol–water partition coefficient (Wildman–Crippen LogP) is 12.5. The summed E-state index contributed by atoms with van der Waals surface area (Å²) in [6, 6.07) is 34.4. The molecule has 4 aromatic carbocycles. The van der Waals surface area contributed by atoms with Gasteiger partial charge in [0, 0.05) is 75.1 Å². The fraction of sp³-hybridized carbons (Fsp3) is 0.308. The van der Waals surface area contributed by atoms with Gasteiger partial charge in [-0.15, -0.1) is 0 Å². The van der Waals surface area contributed by atoms with Crippen LogP contribution >= 0.6 is 0 Å². The molecule has 0 atom stereocenters. The molecule has 0 unspecified atom stereocenters. The second-order valence-corrected chi connectivity index (χ2v) is 14.0. The van der Waals surface area contributed by atoms with Crippen LogP contribution in [0.2, 0.25) is 0 Å². The average Bonchev–Trinajstić information content (AvgIpc) is 3.27. The molecule has 0 aliphatic rings. The summed E-state index contributed by atoms with van der Waals surface area (Å²) in [4.78, 5) is 20.5. The normalized spacial score (nSPS) is 11.7. The van der Waals surface area contributed by atoms with E-state index < -0.39 is 0 Å². The summed E-state index contributed by atoms with van der Waals surface area (Å²) in [7, 11) is 0. The molecule has 0 radical (unpaired) electrons. The van der Waals surface area contributed by atoms with Crippen LogP contribution in [0.15, 0.2) is 97.1 Å². The molecule has 0 aliphatic carbocycles. The number of para-hydroxylation sites is 4. The molecule has 58 heavy (non-hydrogen) atoms. The van der Waals surface area contributed by atoms with E-state index in [1.54, 1.807) is 0 Å². The van der Waals surface area contributed by atoms with E-state index >= 15 is 0 Å². The molecule has 1 heterocycles. The minimum Gasteiger partial charge on any atom is -0.372 e. The lowest BCUT2D eigenvalue weighted by atomic mass is 10.1. The van der Waals surface area contributed by atoms with Gasteiger partial charge in [-0.1, -0.05) is 97.1 Å². The molecule has 5 rings (SSSR count). The van der Waals surface area contributed by atoms with E-state index in [0.29, 0.717) is 0 Å². The van der Waals surface area contributed by atoms with Crippen LogP contribution in [0.25, 0.3) is 48.6 Å². The molecule has 5 aromatic rings. The Balaban J connectivity index is 1.74. The van der Waals surface area contributed by atoms with Crippen molar-refractivity contribution >= 4 is 71.4 Å². The molecule has 0 amide bonds. The number of benzene rings is 4. The van der Waals surface area contributed by atoms with Crippen molar-refractivity contribution in [3.8, 4) is 0 Å². The largest absolute Gasteiger partial charge is 0.372 e. The van der Waals surface area contributed by atoms with Crippen molar-refractivity contribution in [2.45, 2.75) is 55.4 Å². The zero-order chi connectivity index (χ0) is 41.3. The molecule has 0 spiro atoms. The second-order valence-electron chi connectivity index (χ2n) is 14.0. The molecule has 302 valence electrons. The Bertz CT molecular complexity index is 1860. The number of aromatic nitrogens is 2. The molecule has 6 nitrogen and oxygen atoms in total. The molecule has 0 aliphatic heterocycles. The lowest BCUT2D eigenvalue weighted by molar-refractivity contribution is 0.865. The zero-order valence-corrected chi connectivity index (χ0v) is 36.2. The standard InChI is InChI=1S/C52H64N6/c1-9-55(10-2)49-29-21-17-25-41(49)33-37-45-46(38-34-42-26-18-22-30-50(42)56(11-3)12-4)54-48(40-36-44-28-20-24-32-52(44)58(15-7)16-8)47(53-45)39-35-43-27-19-23-31-51(43)57(13-5)14-6/h17-40H,9-16H2,1-8H3. The lowest BCUT2D eigenvalue weighted by Gasteiger charge is -2.23. The van der Waals surface area contributed by atoms with Gasteiger partial charge in [0.25, 0.3) is 0 Å². The zero-order valence-electron chi connectivity index (χ0n) is 36.2. The van der Waals surface area contributed by atoms with Crippen molar-refractivity contribution in [2.75, 3.05) is 72.0 Å². The number of anilines is 4. The van der Waals surface area contributed by atoms with E-state index in [9.17, 15) is 0 Å². The first kappa shape index (κ1) is 43.2. The topological polar surface area (TPSA) is 38.7 Å². The monoisotopic (exact) mass is 773 g/mol. The summed E-state index contributed by atoms with van der Waals surface area (Å²) in [5.41, 5.74) is 12.7. The molecule has 6 heteroatoms. The van der Waals surface area contributed by atoms with Crippen LogP contribution in [0.4, 0.5) is 22.7 Å². The van der Waals surface area contributed by atoms with Crippen molar-refractivity contribution in [1.29, 1.82) is 0 Å². The van der Waals surface area contributed by atoms with Crippen molar-refractivity contribution < 1.29 is 0 Å². The molecular weight excluding hydrogens is 709 g/mol. The first-order chi connectivity index (χ1) is 28.4. The van der Waals surface area contributed by atoms with E-state index in [1.807, 2.05) is 0 Å². The van der Waals surface area contributed by atoms with Crippen molar-refractivity contribution in [3.05, 3.63) is 142 Å². The van der Waals surface area contributed by atoms with Crippen LogP contribution in [0.5, 0.6) is 0 Å². The highest BCUT2D eigenvalue weighted by molar-refractivity contribution is 5.86. The molecule has 0 saturated heterocycles. The Morgan fingerprint density at radius 3 is 0.672 bits per heavy atom. The van der Waals surface area contributed by atoms with E-state index in [4.69, 9.17) is 9.97 Å². The van der Waals surface area contributed by atoms with Gasteiger partial charge >= 0.3 is 0 Å². The van der Waals surface area contributed by atoms with E-state index in [0.717, 1.165) is 97.4 Å². The summed E-state index contributed by atoms with van der Waals surface area (Å²) in [6.45, 7) is 25.1. The number of hydrogen-bond donors (Lipinski definition) is 0. The minimum atomic E-state index is 0.809. The van der Waals surface area contributed by atoms with Gasteiger partial charge in [0.15, 0.2) is 0 Å². The van der Waals surface area contributed by atoms with Crippen LogP contribution in [0.3, 0.4) is 0 Å². The number of rotatable bonds is 20. The molecule has 1 aromatic heterocycles. The van der Waals surface area contributed by atoms with Crippen LogP contribution in [-0.4, -0.2) is 62.3 Å². The third-order valence-corrected chi connectivity index (χ3v) is 10.9. The van der Waals surface area contributed by atoms with Crippen molar-refractivity contribution in [3.63, 3.8) is 0 Å². The highest BCUT2D eigenvalue weighted by atomic mass is 15.1. The summed E-state index contributed by atoms with van der Waals surface area (Å²) in [5.74, 6) is 0. The fourth-order valence-electron chi connectivity index (χ4n) is 7.58. The SMILES string of the molecule is CCN(CC)c1ccccc1C=Cc1nc(C=Cc2ccccc2N(CC)CC)c(C=Cc2ccccc2N(CC)CC)nc1C=Cc1ccccc1N(CC)CC. The Kier molecular flexibility index (Phi) is 16.5. The smallest absolute Gasteiger partial charge is 0.0894 e. The highest BCUT2D eigenvalue weighted by Crippen LogP contribution is 2.29. The first-order valence-electron chi connectivity index (χ1n) is 21.4. The molecule has 0 N–H and O–H groups in total. The predicted molar refractivity (Wildman–Crippen MR) is 258 cm³/mol. The number of nitrogens with zero attached hydrogens (tertiary/aromatic N) is 6. The maximum Gasteiger partial charge on any atom is 0.0894 e. The average molecular weight is 773 g/mol. The quantitative estimate of drug-likeness (QED) is 0.0784. The first-order valence-corrected chi connectivity index (χ1v) is 21.4. The van der Waals surface area contributed by atoms with Gasteiger partial charge in [-0.05, 0) is 126 Å². The summed E-state index contributed by atoms with van der Waals surface area (Å²) in [6.07, 6.45) is 17.3. The maximum atomic E-state index is 5.45. The molecule has 0 bridgehead atoms. The Morgan fingerprint density at radius 2 is 0.483 bits per heavy atom. The third kappa shape index (κ3) is 10.7. The van der Waals surface area contributed by atoms with Crippen molar-refractivity contribution in [1.82, 2.24) is 9.97 Å². The van der Waals surface area contributed by atoms with E-state index in [2.05, 4.69) is 221 Å². The molecule has 0 fully saturated rings. The Hall–Kier alpha value is -5.88. The Labute approximate surface area is 349 Å². The van der Waals surface area contributed by atoms with Crippen LogP contribution in [0.1, 0.15) is 100 Å². The van der Waals surface area contributed by atoms with Crippen molar-refractivity contribution in [2.24, 2.45) is 0 Å². The summed E-state index contributed by atoms with van der Waals surface area (Å²) < 4.78 is 0. The summed E-state index contributed by atoms with van der Waals surface area (Å²) in [5, 5.41) is 0. The van der Waals surface area contributed by atoms with Gasteiger partial charge in [-0.2, -0.15) is 0 Å².